The normalized spacial score (nSPS) is 14.9. The Morgan fingerprint density at radius 2 is 1.94 bits per heavy atom. The summed E-state index contributed by atoms with van der Waals surface area (Å²) in [5.41, 5.74) is 2.23. The number of nitrogens with one attached hydrogen (secondary N) is 1. The van der Waals surface area contributed by atoms with Crippen LogP contribution in [0.25, 0.3) is 0 Å². The molecule has 9 nitrogen and oxygen atoms in total. The number of unbranched alkanes of at least 4 members (excludes halogenated alkanes) is 1. The molecule has 0 radical (unpaired) electrons. The summed E-state index contributed by atoms with van der Waals surface area (Å²) in [6.45, 7) is 8.34. The molecule has 0 unspecified atom stereocenters. The quantitative estimate of drug-likeness (QED) is 0.130. The average molecular weight is 542 g/mol. The Morgan fingerprint density at radius 1 is 1.19 bits per heavy atom. The number of rotatable bonds is 9. The average Bonchev–Trinajstić information content (AvgIpc) is 3.27. The van der Waals surface area contributed by atoms with E-state index in [1.54, 1.807) is 18.4 Å². The van der Waals surface area contributed by atoms with E-state index in [4.69, 9.17) is 9.52 Å². The minimum Gasteiger partial charge on any atom is -0.364 e. The van der Waals surface area contributed by atoms with Gasteiger partial charge in [0.1, 0.15) is 6.26 Å². The first kappa shape index (κ1) is 25.1. The van der Waals surface area contributed by atoms with Crippen LogP contribution in [0.5, 0.6) is 0 Å². The molecule has 1 aromatic heterocycles. The van der Waals surface area contributed by atoms with Gasteiger partial charge in [-0.2, -0.15) is 0 Å². The van der Waals surface area contributed by atoms with E-state index in [1.165, 1.54) is 0 Å². The number of aryl methyl sites for hydroxylation is 1. The predicted molar refractivity (Wildman–Crippen MR) is 131 cm³/mol. The van der Waals surface area contributed by atoms with E-state index in [9.17, 15) is 10.1 Å². The van der Waals surface area contributed by atoms with Crippen LogP contribution in [0.2, 0.25) is 0 Å². The lowest BCUT2D eigenvalue weighted by Gasteiger charge is -2.36. The van der Waals surface area contributed by atoms with E-state index in [-0.39, 0.29) is 34.6 Å². The Morgan fingerprint density at radius 3 is 2.55 bits per heavy atom. The molecule has 2 heterocycles. The Hall–Kier alpha value is -2.21. The van der Waals surface area contributed by atoms with Gasteiger partial charge in [-0.25, -0.2) is 0 Å². The third-order valence-corrected chi connectivity index (χ3v) is 5.17. The summed E-state index contributed by atoms with van der Waals surface area (Å²) in [5, 5.41) is 18.1. The molecule has 0 bridgehead atoms. The summed E-state index contributed by atoms with van der Waals surface area (Å²) in [5.74, 6) is 0.980. The van der Waals surface area contributed by atoms with Crippen molar-refractivity contribution in [3.05, 3.63) is 58.0 Å². The summed E-state index contributed by atoms with van der Waals surface area (Å²) in [6.07, 6.45) is 4.51. The molecule has 0 amide bonds. The Labute approximate surface area is 200 Å². The van der Waals surface area contributed by atoms with Crippen LogP contribution in [-0.4, -0.2) is 65.1 Å². The number of nitro groups is 1. The van der Waals surface area contributed by atoms with Crippen LogP contribution in [0.1, 0.15) is 31.0 Å². The van der Waals surface area contributed by atoms with Gasteiger partial charge in [-0.15, -0.1) is 24.0 Å². The van der Waals surface area contributed by atoms with Crippen molar-refractivity contribution >= 4 is 35.6 Å². The Kier molecular flexibility index (Phi) is 10.7. The van der Waals surface area contributed by atoms with E-state index in [2.05, 4.69) is 27.2 Å². The molecule has 0 aliphatic carbocycles. The molecule has 1 saturated heterocycles. The van der Waals surface area contributed by atoms with Crippen molar-refractivity contribution in [1.29, 1.82) is 0 Å². The van der Waals surface area contributed by atoms with E-state index >= 15 is 0 Å². The lowest BCUT2D eigenvalue weighted by Crippen LogP contribution is -2.52. The van der Waals surface area contributed by atoms with Crippen molar-refractivity contribution in [2.24, 2.45) is 4.99 Å². The highest BCUT2D eigenvalue weighted by atomic mass is 127. The fourth-order valence-electron chi connectivity index (χ4n) is 3.50. The maximum atomic E-state index is 10.7. The largest absolute Gasteiger partial charge is 0.364 e. The number of nitrogens with zero attached hydrogens (tertiary/aromatic N) is 5. The zero-order chi connectivity index (χ0) is 21.2. The van der Waals surface area contributed by atoms with Crippen molar-refractivity contribution in [1.82, 2.24) is 20.3 Å². The van der Waals surface area contributed by atoms with Crippen LogP contribution < -0.4 is 5.32 Å². The van der Waals surface area contributed by atoms with E-state index < -0.39 is 0 Å². The van der Waals surface area contributed by atoms with Gasteiger partial charge in [0.05, 0.1) is 10.6 Å². The Balaban J connectivity index is 0.00000341. The number of benzene rings is 1. The van der Waals surface area contributed by atoms with E-state index in [0.29, 0.717) is 0 Å². The number of hydrogen-bond acceptors (Lipinski definition) is 6. The summed E-state index contributed by atoms with van der Waals surface area (Å²) in [6, 6.07) is 8.72. The molecule has 170 valence electrons. The molecular weight excluding hydrogens is 511 g/mol. The third-order valence-electron chi connectivity index (χ3n) is 5.17. The van der Waals surface area contributed by atoms with Crippen molar-refractivity contribution in [2.45, 2.75) is 32.7 Å². The monoisotopic (exact) mass is 542 g/mol. The molecule has 2 aromatic rings. The van der Waals surface area contributed by atoms with Gasteiger partial charge in [-0.05, 0) is 31.7 Å². The fraction of sp³-hybridized carbons (Fsp3) is 0.524. The number of nitro benzene ring substituents is 1. The van der Waals surface area contributed by atoms with Gasteiger partial charge in [-0.1, -0.05) is 17.3 Å². The van der Waals surface area contributed by atoms with Crippen LogP contribution in [0.3, 0.4) is 0 Å². The van der Waals surface area contributed by atoms with Gasteiger partial charge in [-0.3, -0.25) is 20.0 Å². The van der Waals surface area contributed by atoms with Crippen molar-refractivity contribution < 1.29 is 9.45 Å². The number of halogens is 1. The van der Waals surface area contributed by atoms with E-state index in [0.717, 1.165) is 82.3 Å². The van der Waals surface area contributed by atoms with Crippen LogP contribution in [0, 0.1) is 10.1 Å². The number of guanidine groups is 1. The summed E-state index contributed by atoms with van der Waals surface area (Å²) in [4.78, 5) is 19.9. The minimum atomic E-state index is -0.366. The van der Waals surface area contributed by atoms with Gasteiger partial charge in [0.15, 0.2) is 5.96 Å². The molecule has 1 aliphatic rings. The molecule has 1 aromatic carbocycles. The molecule has 0 atom stereocenters. The number of aromatic nitrogens is 1. The molecule has 0 saturated carbocycles. The highest BCUT2D eigenvalue weighted by Crippen LogP contribution is 2.14. The third kappa shape index (κ3) is 8.09. The lowest BCUT2D eigenvalue weighted by atomic mass is 10.1. The first-order valence-electron chi connectivity index (χ1n) is 10.5. The maximum Gasteiger partial charge on any atom is 0.269 e. The first-order chi connectivity index (χ1) is 14.7. The smallest absolute Gasteiger partial charge is 0.269 e. The van der Waals surface area contributed by atoms with Crippen LogP contribution >= 0.6 is 24.0 Å². The van der Waals surface area contributed by atoms with Crippen molar-refractivity contribution in [2.75, 3.05) is 39.3 Å². The van der Waals surface area contributed by atoms with Gasteiger partial charge < -0.3 is 14.7 Å². The Bertz CT molecular complexity index is 805. The SMILES string of the molecule is CCNC(=NCCCCc1ccc([N+](=O)[O-])cc1)N1CCN(Cc2ccon2)CC1.I. The molecule has 1 aliphatic heterocycles. The number of piperazine rings is 1. The highest BCUT2D eigenvalue weighted by molar-refractivity contribution is 14.0. The number of aliphatic imine (C=N–C) groups is 1. The van der Waals surface area contributed by atoms with Crippen LogP contribution in [-0.2, 0) is 13.0 Å². The number of hydrogen-bond donors (Lipinski definition) is 1. The van der Waals surface area contributed by atoms with Crippen molar-refractivity contribution in [3.63, 3.8) is 0 Å². The van der Waals surface area contributed by atoms with Crippen molar-refractivity contribution in [3.8, 4) is 0 Å². The second-order valence-electron chi connectivity index (χ2n) is 7.37. The van der Waals surface area contributed by atoms with Gasteiger partial charge in [0.2, 0.25) is 0 Å². The molecule has 0 spiro atoms. The second kappa shape index (κ2) is 13.3. The predicted octanol–water partition coefficient (Wildman–Crippen LogP) is 3.31. The maximum absolute atomic E-state index is 10.7. The van der Waals surface area contributed by atoms with Gasteiger partial charge in [0, 0.05) is 64.0 Å². The standard InChI is InChI=1S/C21H30N6O3.HI/c1-2-22-21(26-14-12-25(13-15-26)17-19-10-16-30-24-19)23-11-4-3-5-18-6-8-20(9-7-18)27(28)29;/h6-10,16H,2-5,11-15,17H2,1H3,(H,22,23);1H. The minimum absolute atomic E-state index is 0. The zero-order valence-corrected chi connectivity index (χ0v) is 20.2. The summed E-state index contributed by atoms with van der Waals surface area (Å²) in [7, 11) is 0. The zero-order valence-electron chi connectivity index (χ0n) is 17.9. The molecule has 3 rings (SSSR count). The molecule has 10 heteroatoms. The topological polar surface area (TPSA) is 100 Å². The first-order valence-corrected chi connectivity index (χ1v) is 10.5. The summed E-state index contributed by atoms with van der Waals surface area (Å²) >= 11 is 0. The van der Waals surface area contributed by atoms with E-state index in [1.807, 2.05) is 18.2 Å². The molecular formula is C21H31IN6O3. The van der Waals surface area contributed by atoms with Crippen LogP contribution in [0.15, 0.2) is 46.1 Å². The summed E-state index contributed by atoms with van der Waals surface area (Å²) < 4.78 is 4.91. The number of non-ortho nitro benzene ring substituents is 1. The lowest BCUT2D eigenvalue weighted by molar-refractivity contribution is -0.384. The molecule has 1 fully saturated rings. The van der Waals surface area contributed by atoms with Gasteiger partial charge in [0.25, 0.3) is 5.69 Å². The highest BCUT2D eigenvalue weighted by Gasteiger charge is 2.20. The van der Waals surface area contributed by atoms with Gasteiger partial charge >= 0.3 is 0 Å². The fourth-order valence-corrected chi connectivity index (χ4v) is 3.50. The van der Waals surface area contributed by atoms with Crippen LogP contribution in [0.4, 0.5) is 5.69 Å². The molecule has 31 heavy (non-hydrogen) atoms. The second-order valence-corrected chi connectivity index (χ2v) is 7.37. The molecule has 1 N–H and O–H groups in total.